The summed E-state index contributed by atoms with van der Waals surface area (Å²) in [5.41, 5.74) is 8.19. The summed E-state index contributed by atoms with van der Waals surface area (Å²) in [5, 5.41) is 22.2. The van der Waals surface area contributed by atoms with Crippen LogP contribution in [0.3, 0.4) is 0 Å². The van der Waals surface area contributed by atoms with Crippen molar-refractivity contribution in [2.75, 3.05) is 0 Å². The molecule has 6 heteroatoms. The fourth-order valence-electron chi connectivity index (χ4n) is 5.75. The number of hydrogen-bond acceptors (Lipinski definition) is 6. The lowest BCUT2D eigenvalue weighted by Gasteiger charge is -2.24. The Morgan fingerprint density at radius 2 is 1.06 bits per heavy atom. The van der Waals surface area contributed by atoms with E-state index in [9.17, 15) is 10.2 Å². The zero-order chi connectivity index (χ0) is 35.2. The van der Waals surface area contributed by atoms with Crippen molar-refractivity contribution in [3.8, 4) is 51.4 Å². The fourth-order valence-corrected chi connectivity index (χ4v) is 5.75. The van der Waals surface area contributed by atoms with Crippen molar-refractivity contribution in [2.24, 2.45) is 0 Å². The second-order valence-corrected chi connectivity index (χ2v) is 15.9. The van der Waals surface area contributed by atoms with E-state index in [0.717, 1.165) is 33.4 Å². The third kappa shape index (κ3) is 7.38. The van der Waals surface area contributed by atoms with Gasteiger partial charge in [-0.1, -0.05) is 117 Å². The third-order valence-electron chi connectivity index (χ3n) is 8.95. The van der Waals surface area contributed by atoms with Crippen LogP contribution in [-0.4, -0.2) is 25.2 Å². The van der Waals surface area contributed by atoms with Gasteiger partial charge >= 0.3 is 0 Å². The second-order valence-electron chi connectivity index (χ2n) is 15.9. The Morgan fingerprint density at radius 3 is 1.50 bits per heavy atom. The predicted octanol–water partition coefficient (Wildman–Crippen LogP) is 10.4. The molecule has 0 saturated carbocycles. The molecule has 0 aliphatic rings. The molecule has 1 heterocycles. The number of phenolic OH excluding ortho intramolecular Hbond substituents is 2. The van der Waals surface area contributed by atoms with Crippen molar-refractivity contribution in [3.05, 3.63) is 106 Å². The number of benzene rings is 4. The molecule has 0 saturated heterocycles. The Hall–Kier alpha value is -4.71. The molecule has 0 bridgehead atoms. The molecule has 6 nitrogen and oxygen atoms in total. The summed E-state index contributed by atoms with van der Waals surface area (Å²) in [4.78, 5) is 14.6. The SMILES string of the molecule is Cc1cc(C(C)(C)C)c(O)c(C)c1COc1ccc(-c2nc(-c3ccc(C(C)(C)C)cc3)nc(-c3ccc(C(C)(C)C)cc3)n2)c(O)c1. The number of aromatic hydroxyl groups is 2. The number of ether oxygens (including phenoxy) is 1. The molecule has 5 aromatic rings. The minimum atomic E-state index is -0.179. The number of hydrogen-bond donors (Lipinski definition) is 2. The highest BCUT2D eigenvalue weighted by molar-refractivity contribution is 5.70. The van der Waals surface area contributed by atoms with Gasteiger partial charge in [0.15, 0.2) is 17.5 Å². The second kappa shape index (κ2) is 12.7. The molecule has 2 N–H and O–H groups in total. The van der Waals surface area contributed by atoms with E-state index in [1.165, 1.54) is 11.1 Å². The first-order chi connectivity index (χ1) is 22.3. The van der Waals surface area contributed by atoms with E-state index in [1.807, 2.05) is 50.2 Å². The van der Waals surface area contributed by atoms with Crippen LogP contribution < -0.4 is 4.74 Å². The highest BCUT2D eigenvalue weighted by atomic mass is 16.5. The van der Waals surface area contributed by atoms with Crippen LogP contribution >= 0.6 is 0 Å². The molecule has 0 spiro atoms. The molecule has 250 valence electrons. The first-order valence-electron chi connectivity index (χ1n) is 16.6. The molecule has 0 amide bonds. The van der Waals surface area contributed by atoms with Gasteiger partial charge in [-0.2, -0.15) is 0 Å². The molecule has 5 rings (SSSR count). The lowest BCUT2D eigenvalue weighted by molar-refractivity contribution is 0.301. The zero-order valence-corrected chi connectivity index (χ0v) is 30.3. The molecule has 0 radical (unpaired) electrons. The third-order valence-corrected chi connectivity index (χ3v) is 8.95. The molecule has 0 fully saturated rings. The summed E-state index contributed by atoms with van der Waals surface area (Å²) in [6.07, 6.45) is 0. The molecule has 0 atom stereocenters. The molecule has 4 aromatic carbocycles. The topological polar surface area (TPSA) is 88.4 Å². The minimum absolute atomic E-state index is 0.00105. The van der Waals surface area contributed by atoms with Crippen LogP contribution in [0.4, 0.5) is 0 Å². The van der Waals surface area contributed by atoms with Crippen LogP contribution in [0.5, 0.6) is 17.2 Å². The van der Waals surface area contributed by atoms with Gasteiger partial charge in [0.25, 0.3) is 0 Å². The summed E-state index contributed by atoms with van der Waals surface area (Å²) in [5.74, 6) is 2.22. The summed E-state index contributed by atoms with van der Waals surface area (Å²) >= 11 is 0. The van der Waals surface area contributed by atoms with Crippen LogP contribution in [0.25, 0.3) is 34.2 Å². The lowest BCUT2D eigenvalue weighted by atomic mass is 9.83. The molecule has 0 aliphatic carbocycles. The minimum Gasteiger partial charge on any atom is -0.507 e. The van der Waals surface area contributed by atoms with E-state index in [2.05, 4.69) is 86.6 Å². The fraction of sp³-hybridized carbons (Fsp3) is 0.357. The quantitative estimate of drug-likeness (QED) is 0.191. The van der Waals surface area contributed by atoms with Crippen LogP contribution in [0.2, 0.25) is 0 Å². The maximum absolute atomic E-state index is 11.3. The van der Waals surface area contributed by atoms with E-state index in [4.69, 9.17) is 19.7 Å². The average Bonchev–Trinajstić information content (AvgIpc) is 3.01. The number of aromatic nitrogens is 3. The van der Waals surface area contributed by atoms with E-state index in [1.54, 1.807) is 12.1 Å². The average molecular weight is 644 g/mol. The normalized spacial score (nSPS) is 12.3. The monoisotopic (exact) mass is 643 g/mol. The molecule has 48 heavy (non-hydrogen) atoms. The van der Waals surface area contributed by atoms with Crippen molar-refractivity contribution in [3.63, 3.8) is 0 Å². The van der Waals surface area contributed by atoms with Crippen LogP contribution in [0, 0.1) is 13.8 Å². The Morgan fingerprint density at radius 1 is 0.583 bits per heavy atom. The number of phenols is 2. The van der Waals surface area contributed by atoms with Crippen molar-refractivity contribution < 1.29 is 14.9 Å². The Bertz CT molecular complexity index is 1860. The molecular formula is C42H49N3O3. The van der Waals surface area contributed by atoms with Gasteiger partial charge in [0, 0.05) is 17.2 Å². The van der Waals surface area contributed by atoms with Gasteiger partial charge in [0.1, 0.15) is 23.9 Å². The number of aryl methyl sites for hydroxylation is 1. The van der Waals surface area contributed by atoms with Gasteiger partial charge in [-0.3, -0.25) is 0 Å². The highest BCUT2D eigenvalue weighted by Gasteiger charge is 2.23. The Kier molecular flexibility index (Phi) is 9.17. The number of rotatable bonds is 6. The first-order valence-corrected chi connectivity index (χ1v) is 16.6. The highest BCUT2D eigenvalue weighted by Crippen LogP contribution is 2.38. The van der Waals surface area contributed by atoms with Gasteiger partial charge in [-0.05, 0) is 75.6 Å². The molecular weight excluding hydrogens is 594 g/mol. The smallest absolute Gasteiger partial charge is 0.167 e. The van der Waals surface area contributed by atoms with Gasteiger partial charge in [0.05, 0.1) is 5.56 Å². The molecule has 0 unspecified atom stereocenters. The van der Waals surface area contributed by atoms with Crippen LogP contribution in [-0.2, 0) is 22.9 Å². The maximum Gasteiger partial charge on any atom is 0.167 e. The summed E-state index contributed by atoms with van der Waals surface area (Å²) < 4.78 is 6.14. The van der Waals surface area contributed by atoms with Gasteiger partial charge in [-0.25, -0.2) is 15.0 Å². The summed E-state index contributed by atoms with van der Waals surface area (Å²) in [7, 11) is 0. The van der Waals surface area contributed by atoms with E-state index >= 15 is 0 Å². The molecule has 1 aromatic heterocycles. The molecule has 0 aliphatic heterocycles. The van der Waals surface area contributed by atoms with Crippen molar-refractivity contribution in [1.29, 1.82) is 0 Å². The van der Waals surface area contributed by atoms with Gasteiger partial charge in [-0.15, -0.1) is 0 Å². The van der Waals surface area contributed by atoms with E-state index in [0.29, 0.717) is 34.5 Å². The Balaban J connectivity index is 1.51. The van der Waals surface area contributed by atoms with Gasteiger partial charge < -0.3 is 14.9 Å². The summed E-state index contributed by atoms with van der Waals surface area (Å²) in [6, 6.07) is 23.8. The maximum atomic E-state index is 11.3. The van der Waals surface area contributed by atoms with Crippen molar-refractivity contribution in [1.82, 2.24) is 15.0 Å². The van der Waals surface area contributed by atoms with Crippen molar-refractivity contribution in [2.45, 2.75) is 99.0 Å². The van der Waals surface area contributed by atoms with E-state index in [-0.39, 0.29) is 28.6 Å². The first kappa shape index (κ1) is 34.6. The van der Waals surface area contributed by atoms with Crippen LogP contribution in [0.15, 0.2) is 72.8 Å². The van der Waals surface area contributed by atoms with Crippen LogP contribution in [0.1, 0.15) is 95.7 Å². The predicted molar refractivity (Wildman–Crippen MR) is 196 cm³/mol. The number of nitrogens with zero attached hydrogens (tertiary/aromatic N) is 3. The Labute approximate surface area is 285 Å². The lowest BCUT2D eigenvalue weighted by Crippen LogP contribution is -2.14. The standard InChI is InChI=1S/C42H49N3O3/c1-25-22-34(42(9,10)11)36(47)26(2)33(25)24-48-31-20-21-32(35(46)23-31)39-44-37(27-12-16-29(17-13-27)40(3,4)5)43-38(45-39)28-14-18-30(19-15-28)41(6,7)8/h12-23,46-47H,24H2,1-11H3. The largest absolute Gasteiger partial charge is 0.507 e. The zero-order valence-electron chi connectivity index (χ0n) is 30.3. The summed E-state index contributed by atoms with van der Waals surface area (Å²) in [6.45, 7) is 23.6. The van der Waals surface area contributed by atoms with Gasteiger partial charge in [0.2, 0.25) is 0 Å². The van der Waals surface area contributed by atoms with Crippen molar-refractivity contribution >= 4 is 0 Å². The van der Waals surface area contributed by atoms with E-state index < -0.39 is 0 Å².